The Morgan fingerprint density at radius 2 is 1.76 bits per heavy atom. The number of nitrogens with zero attached hydrogens (tertiary/aromatic N) is 5. The summed E-state index contributed by atoms with van der Waals surface area (Å²) in [5.74, 6) is -1.66. The van der Waals surface area contributed by atoms with Gasteiger partial charge >= 0.3 is 17.9 Å². The summed E-state index contributed by atoms with van der Waals surface area (Å²) >= 11 is 12.1. The summed E-state index contributed by atoms with van der Waals surface area (Å²) in [6.07, 6.45) is -3.05. The fraction of sp³-hybridized carbons (Fsp3) is 0.421. The van der Waals surface area contributed by atoms with Crippen molar-refractivity contribution in [2.45, 2.75) is 51.9 Å². The monoisotopic (exact) mass is 513 g/mol. The van der Waals surface area contributed by atoms with Gasteiger partial charge in [0, 0.05) is 26.8 Å². The van der Waals surface area contributed by atoms with Crippen molar-refractivity contribution in [1.82, 2.24) is 24.7 Å². The Hall–Kier alpha value is -3.29. The van der Waals surface area contributed by atoms with Crippen LogP contribution in [-0.2, 0) is 39.9 Å². The maximum Gasteiger partial charge on any atom is 0.303 e. The zero-order chi connectivity index (χ0) is 24.6. The summed E-state index contributed by atoms with van der Waals surface area (Å²) in [6, 6.07) is 1.47. The van der Waals surface area contributed by atoms with Gasteiger partial charge in [-0.15, -0.1) is 0 Å². The zero-order valence-corrected chi connectivity index (χ0v) is 19.4. The van der Waals surface area contributed by atoms with Gasteiger partial charge in [-0.25, -0.2) is 9.97 Å². The molecule has 1 fully saturated rings. The van der Waals surface area contributed by atoms with Gasteiger partial charge in [0.1, 0.15) is 17.8 Å². The molecule has 13 nitrogen and oxygen atoms in total. The third kappa shape index (κ3) is 4.81. The third-order valence-electron chi connectivity index (χ3n) is 4.70. The molecule has 4 atom stereocenters. The number of imidazole rings is 1. The Labute approximate surface area is 201 Å². The molecule has 1 aliphatic rings. The Morgan fingerprint density at radius 1 is 1.06 bits per heavy atom. The van der Waals surface area contributed by atoms with Crippen LogP contribution >= 0.6 is 23.2 Å². The predicted molar refractivity (Wildman–Crippen MR) is 111 cm³/mol. The molecule has 4 unspecified atom stereocenters. The SMILES string of the molecule is CC(=O)OCc1cc(C2OC(n3cnc4c(Cl)nc(Cl)nc43)C(OC(C)=O)C2OC(C)=O)on1. The quantitative estimate of drug-likeness (QED) is 0.205. The number of fused-ring (bicyclic) bond motifs is 1. The minimum absolute atomic E-state index is 0.00853. The number of esters is 3. The van der Waals surface area contributed by atoms with Crippen molar-refractivity contribution in [3.63, 3.8) is 0 Å². The minimum atomic E-state index is -1.14. The summed E-state index contributed by atoms with van der Waals surface area (Å²) in [4.78, 5) is 47.1. The fourth-order valence-electron chi connectivity index (χ4n) is 3.48. The largest absolute Gasteiger partial charge is 0.459 e. The molecule has 180 valence electrons. The summed E-state index contributed by atoms with van der Waals surface area (Å²) in [5, 5.41) is 3.71. The van der Waals surface area contributed by atoms with E-state index in [-0.39, 0.29) is 34.0 Å². The number of carbonyl (C=O) groups excluding carboxylic acids is 3. The van der Waals surface area contributed by atoms with Crippen LogP contribution < -0.4 is 0 Å². The number of hydrogen-bond acceptors (Lipinski definition) is 12. The van der Waals surface area contributed by atoms with E-state index >= 15 is 0 Å². The van der Waals surface area contributed by atoms with Gasteiger partial charge in [0.15, 0.2) is 41.1 Å². The average molecular weight is 514 g/mol. The molecule has 15 heteroatoms. The lowest BCUT2D eigenvalue weighted by Gasteiger charge is -2.23. The number of carbonyl (C=O) groups is 3. The number of halogens is 2. The molecule has 3 aromatic heterocycles. The molecule has 3 aromatic rings. The van der Waals surface area contributed by atoms with E-state index in [9.17, 15) is 14.4 Å². The van der Waals surface area contributed by atoms with Crippen molar-refractivity contribution in [2.75, 3.05) is 0 Å². The maximum atomic E-state index is 11.9. The molecule has 0 N–H and O–H groups in total. The van der Waals surface area contributed by atoms with Crippen molar-refractivity contribution in [3.8, 4) is 0 Å². The van der Waals surface area contributed by atoms with Gasteiger partial charge in [0.05, 0.1) is 6.33 Å². The molecule has 0 radical (unpaired) electrons. The first kappa shape index (κ1) is 23.9. The number of rotatable bonds is 6. The Morgan fingerprint density at radius 3 is 2.44 bits per heavy atom. The number of aromatic nitrogens is 5. The number of hydrogen-bond donors (Lipinski definition) is 0. The highest BCUT2D eigenvalue weighted by Gasteiger charge is 2.52. The highest BCUT2D eigenvalue weighted by Crippen LogP contribution is 2.43. The van der Waals surface area contributed by atoms with E-state index in [1.54, 1.807) is 0 Å². The fourth-order valence-corrected chi connectivity index (χ4v) is 3.90. The second kappa shape index (κ2) is 9.52. The van der Waals surface area contributed by atoms with Gasteiger partial charge in [-0.1, -0.05) is 16.8 Å². The number of ether oxygens (including phenoxy) is 4. The van der Waals surface area contributed by atoms with Crippen LogP contribution in [0.5, 0.6) is 0 Å². The van der Waals surface area contributed by atoms with Crippen LogP contribution in [0.15, 0.2) is 16.9 Å². The highest BCUT2D eigenvalue weighted by molar-refractivity contribution is 6.35. The third-order valence-corrected chi connectivity index (χ3v) is 5.13. The van der Waals surface area contributed by atoms with E-state index in [1.807, 2.05) is 0 Å². The molecule has 1 saturated heterocycles. The van der Waals surface area contributed by atoms with E-state index in [1.165, 1.54) is 37.7 Å². The van der Waals surface area contributed by atoms with Crippen LogP contribution in [0.1, 0.15) is 44.6 Å². The highest BCUT2D eigenvalue weighted by atomic mass is 35.5. The average Bonchev–Trinajstić information content (AvgIpc) is 3.44. The Kier molecular flexibility index (Phi) is 6.68. The Bertz CT molecular complexity index is 1260. The molecule has 0 bridgehead atoms. The van der Waals surface area contributed by atoms with Gasteiger partial charge in [-0.2, -0.15) is 4.98 Å². The molecular weight excluding hydrogens is 497 g/mol. The normalized spacial score (nSPS) is 22.0. The van der Waals surface area contributed by atoms with Crippen LogP contribution in [0.25, 0.3) is 11.2 Å². The molecular formula is C19H17Cl2N5O8. The molecule has 34 heavy (non-hydrogen) atoms. The van der Waals surface area contributed by atoms with Gasteiger partial charge < -0.3 is 23.5 Å². The van der Waals surface area contributed by atoms with E-state index in [4.69, 9.17) is 46.7 Å². The Balaban J connectivity index is 1.75. The van der Waals surface area contributed by atoms with Gasteiger partial charge in [-0.3, -0.25) is 19.0 Å². The first-order valence-electron chi connectivity index (χ1n) is 9.78. The van der Waals surface area contributed by atoms with Crippen LogP contribution in [-0.4, -0.2) is 54.8 Å². The standard InChI is InChI=1S/C19H17Cl2N5O8/c1-7(27)30-5-10-4-11(34-25-10)13-14(31-8(2)28)15(32-9(3)29)18(33-13)26-6-22-12-16(20)23-19(21)24-17(12)26/h4,6,13-15,18H,5H2,1-3H3. The smallest absolute Gasteiger partial charge is 0.303 e. The van der Waals surface area contributed by atoms with Crippen LogP contribution in [0, 0.1) is 0 Å². The lowest BCUT2D eigenvalue weighted by molar-refractivity contribution is -0.165. The van der Waals surface area contributed by atoms with Crippen molar-refractivity contribution in [1.29, 1.82) is 0 Å². The maximum absolute atomic E-state index is 11.9. The van der Waals surface area contributed by atoms with Crippen LogP contribution in [0.4, 0.5) is 0 Å². The molecule has 1 aliphatic heterocycles. The van der Waals surface area contributed by atoms with Crippen molar-refractivity contribution >= 4 is 52.3 Å². The van der Waals surface area contributed by atoms with Gasteiger partial charge in [0.25, 0.3) is 0 Å². The summed E-state index contributed by atoms with van der Waals surface area (Å²) < 4.78 is 28.7. The van der Waals surface area contributed by atoms with E-state index < -0.39 is 42.4 Å². The van der Waals surface area contributed by atoms with E-state index in [2.05, 4.69) is 20.1 Å². The van der Waals surface area contributed by atoms with Crippen molar-refractivity contribution in [3.05, 3.63) is 34.3 Å². The molecule has 4 rings (SSSR count). The molecule has 0 aliphatic carbocycles. The zero-order valence-electron chi connectivity index (χ0n) is 17.9. The summed E-state index contributed by atoms with van der Waals surface area (Å²) in [7, 11) is 0. The second-order valence-electron chi connectivity index (χ2n) is 7.20. The van der Waals surface area contributed by atoms with Crippen molar-refractivity contribution < 1.29 is 37.9 Å². The molecule has 0 amide bonds. The van der Waals surface area contributed by atoms with Crippen LogP contribution in [0.2, 0.25) is 10.4 Å². The first-order valence-corrected chi connectivity index (χ1v) is 10.5. The minimum Gasteiger partial charge on any atom is -0.459 e. The molecule has 0 saturated carbocycles. The summed E-state index contributed by atoms with van der Waals surface area (Å²) in [5.41, 5.74) is 0.719. The lowest BCUT2D eigenvalue weighted by atomic mass is 10.1. The lowest BCUT2D eigenvalue weighted by Crippen LogP contribution is -2.36. The molecule has 4 heterocycles. The van der Waals surface area contributed by atoms with E-state index in [0.717, 1.165) is 0 Å². The second-order valence-corrected chi connectivity index (χ2v) is 7.90. The molecule has 0 aromatic carbocycles. The van der Waals surface area contributed by atoms with Crippen molar-refractivity contribution in [2.24, 2.45) is 0 Å². The predicted octanol–water partition coefficient (Wildman–Crippen LogP) is 2.32. The van der Waals surface area contributed by atoms with Crippen LogP contribution in [0.3, 0.4) is 0 Å². The first-order chi connectivity index (χ1) is 16.1. The topological polar surface area (TPSA) is 158 Å². The summed E-state index contributed by atoms with van der Waals surface area (Å²) in [6.45, 7) is 3.51. The van der Waals surface area contributed by atoms with Gasteiger partial charge in [-0.05, 0) is 11.6 Å². The molecule has 0 spiro atoms. The van der Waals surface area contributed by atoms with E-state index in [0.29, 0.717) is 5.69 Å². The van der Waals surface area contributed by atoms with Gasteiger partial charge in [0.2, 0.25) is 5.28 Å².